The lowest BCUT2D eigenvalue weighted by molar-refractivity contribution is -0.137. The van der Waals surface area contributed by atoms with Crippen LogP contribution in [0.15, 0.2) is 48.8 Å². The van der Waals surface area contributed by atoms with Gasteiger partial charge in [0.1, 0.15) is 23.8 Å². The Bertz CT molecular complexity index is 1840. The molecule has 1 fully saturated rings. The van der Waals surface area contributed by atoms with E-state index in [-0.39, 0.29) is 41.3 Å². The Kier molecular flexibility index (Phi) is 8.22. The number of nitrogens with zero attached hydrogens (tertiary/aromatic N) is 6. The Hall–Kier alpha value is -4.87. The predicted molar refractivity (Wildman–Crippen MR) is 161 cm³/mol. The van der Waals surface area contributed by atoms with E-state index in [0.717, 1.165) is 12.1 Å². The third-order valence-corrected chi connectivity index (χ3v) is 8.22. The number of nitrogens with one attached hydrogen (secondary N) is 2. The zero-order valence-electron chi connectivity index (χ0n) is 25.1. The highest BCUT2D eigenvalue weighted by atomic mass is 19.4. The van der Waals surface area contributed by atoms with E-state index in [1.165, 1.54) is 29.4 Å². The summed E-state index contributed by atoms with van der Waals surface area (Å²) in [7, 11) is 3.25. The van der Waals surface area contributed by atoms with Gasteiger partial charge in [0.2, 0.25) is 0 Å². The molecule has 2 aliphatic rings. The molecule has 10 nitrogen and oxygen atoms in total. The monoisotopic (exact) mass is 634 g/mol. The molecule has 46 heavy (non-hydrogen) atoms. The van der Waals surface area contributed by atoms with Crippen molar-refractivity contribution in [3.05, 3.63) is 76.9 Å². The Labute approximate surface area is 262 Å². The SMILES string of the molecule is COCCNCc1cc(F)c2c(c1)C(=O)N(c1cc(-c3cc(C(F)(F)F)ccc3-c3nncn3C)cc(NC3(CC#N)CC3)n1)C2. The molecular weight excluding hydrogens is 604 g/mol. The van der Waals surface area contributed by atoms with Gasteiger partial charge in [-0.25, -0.2) is 9.37 Å². The highest BCUT2D eigenvalue weighted by Gasteiger charge is 2.43. The minimum Gasteiger partial charge on any atom is -0.383 e. The van der Waals surface area contributed by atoms with Gasteiger partial charge in [-0.1, -0.05) is 0 Å². The van der Waals surface area contributed by atoms with Crippen LogP contribution in [0.25, 0.3) is 22.5 Å². The van der Waals surface area contributed by atoms with Crippen LogP contribution in [0.3, 0.4) is 0 Å². The number of amides is 1. The lowest BCUT2D eigenvalue weighted by atomic mass is 9.96. The molecule has 14 heteroatoms. The summed E-state index contributed by atoms with van der Waals surface area (Å²) < 4.78 is 63.8. The number of halogens is 4. The molecule has 4 aromatic rings. The fourth-order valence-electron chi connectivity index (χ4n) is 5.59. The van der Waals surface area contributed by atoms with Crippen LogP contribution in [0.2, 0.25) is 0 Å². The number of aryl methyl sites for hydroxylation is 1. The van der Waals surface area contributed by atoms with Crippen LogP contribution in [0.5, 0.6) is 0 Å². The van der Waals surface area contributed by atoms with Gasteiger partial charge in [0.25, 0.3) is 5.91 Å². The summed E-state index contributed by atoms with van der Waals surface area (Å²) in [6.45, 7) is 1.22. The minimum atomic E-state index is -4.63. The Morgan fingerprint density at radius 2 is 1.91 bits per heavy atom. The second-order valence-electron chi connectivity index (χ2n) is 11.5. The fraction of sp³-hybridized carbons (Fsp3) is 0.344. The minimum absolute atomic E-state index is 0.116. The molecule has 1 aliphatic carbocycles. The molecule has 0 bridgehead atoms. The lowest BCUT2D eigenvalue weighted by Crippen LogP contribution is -2.26. The summed E-state index contributed by atoms with van der Waals surface area (Å²) in [6.07, 6.45) is -1.58. The maximum Gasteiger partial charge on any atom is 0.416 e. The van der Waals surface area contributed by atoms with E-state index in [0.29, 0.717) is 55.1 Å². The van der Waals surface area contributed by atoms with E-state index < -0.39 is 29.0 Å². The number of pyridine rings is 1. The molecule has 0 radical (unpaired) electrons. The quantitative estimate of drug-likeness (QED) is 0.165. The highest BCUT2D eigenvalue weighted by Crippen LogP contribution is 2.44. The van der Waals surface area contributed by atoms with Gasteiger partial charge in [0.15, 0.2) is 5.82 Å². The van der Waals surface area contributed by atoms with Crippen LogP contribution in [0.1, 0.15) is 46.3 Å². The van der Waals surface area contributed by atoms with Crippen molar-refractivity contribution in [2.75, 3.05) is 30.5 Å². The molecule has 0 unspecified atom stereocenters. The molecule has 6 rings (SSSR count). The normalized spacial score (nSPS) is 15.2. The van der Waals surface area contributed by atoms with Crippen molar-refractivity contribution in [2.24, 2.45) is 7.05 Å². The van der Waals surface area contributed by atoms with E-state index in [1.54, 1.807) is 30.9 Å². The zero-order valence-corrected chi connectivity index (χ0v) is 25.1. The van der Waals surface area contributed by atoms with Gasteiger partial charge in [0.05, 0.1) is 36.7 Å². The summed E-state index contributed by atoms with van der Waals surface area (Å²) in [5.41, 5.74) is 0.439. The van der Waals surface area contributed by atoms with Gasteiger partial charge in [-0.15, -0.1) is 10.2 Å². The first-order chi connectivity index (χ1) is 22.0. The van der Waals surface area contributed by atoms with Gasteiger partial charge in [0, 0.05) is 43.9 Å². The summed E-state index contributed by atoms with van der Waals surface area (Å²) in [5, 5.41) is 23.8. The first kappa shape index (κ1) is 31.1. The molecule has 1 saturated carbocycles. The van der Waals surface area contributed by atoms with Gasteiger partial charge in [-0.2, -0.15) is 18.4 Å². The third-order valence-electron chi connectivity index (χ3n) is 8.22. The highest BCUT2D eigenvalue weighted by molar-refractivity contribution is 6.10. The lowest BCUT2D eigenvalue weighted by Gasteiger charge is -2.21. The standard InChI is InChI=1S/C32H30F4N8O2/c1-43-18-39-42-29(43)22-4-3-21(32(34,35)36)15-23(22)20-13-27(41-31(5-6-31)7-8-37)40-28(14-20)44-17-25-24(30(44)45)11-19(12-26(25)33)16-38-9-10-46-2/h3-4,11-15,18,38H,5-7,9-10,16-17H2,1-2H3,(H,40,41). The number of hydrogen-bond donors (Lipinski definition) is 2. The van der Waals surface area contributed by atoms with Crippen LogP contribution in [-0.4, -0.2) is 51.5 Å². The number of carbonyl (C=O) groups is 1. The number of alkyl halides is 3. The van der Waals surface area contributed by atoms with Crippen molar-refractivity contribution in [2.45, 2.75) is 44.1 Å². The maximum atomic E-state index is 15.3. The summed E-state index contributed by atoms with van der Waals surface area (Å²) >= 11 is 0. The topological polar surface area (TPSA) is 121 Å². The van der Waals surface area contributed by atoms with Gasteiger partial charge in [-0.05, 0) is 72.0 Å². The molecule has 2 aromatic carbocycles. The van der Waals surface area contributed by atoms with Crippen LogP contribution in [0, 0.1) is 17.1 Å². The smallest absolute Gasteiger partial charge is 0.383 e. The number of ether oxygens (including phenoxy) is 1. The number of hydrogen-bond acceptors (Lipinski definition) is 8. The van der Waals surface area contributed by atoms with E-state index in [4.69, 9.17) is 4.74 Å². The number of rotatable bonds is 11. The second kappa shape index (κ2) is 12.1. The first-order valence-electron chi connectivity index (χ1n) is 14.6. The van der Waals surface area contributed by atoms with E-state index in [1.807, 2.05) is 0 Å². The number of fused-ring (bicyclic) bond motifs is 1. The Balaban J connectivity index is 1.45. The Morgan fingerprint density at radius 1 is 1.11 bits per heavy atom. The Morgan fingerprint density at radius 3 is 2.59 bits per heavy atom. The molecule has 0 atom stereocenters. The number of benzene rings is 2. The second-order valence-corrected chi connectivity index (χ2v) is 11.5. The number of anilines is 2. The van der Waals surface area contributed by atoms with Crippen molar-refractivity contribution >= 4 is 17.5 Å². The van der Waals surface area contributed by atoms with Crippen molar-refractivity contribution in [1.82, 2.24) is 25.1 Å². The van der Waals surface area contributed by atoms with Crippen molar-refractivity contribution < 1.29 is 27.1 Å². The van der Waals surface area contributed by atoms with E-state index >= 15 is 4.39 Å². The summed E-state index contributed by atoms with van der Waals surface area (Å²) in [4.78, 5) is 19.7. The predicted octanol–water partition coefficient (Wildman–Crippen LogP) is 5.46. The van der Waals surface area contributed by atoms with Crippen LogP contribution in [0.4, 0.5) is 29.2 Å². The molecule has 0 saturated heterocycles. The molecule has 238 valence electrons. The van der Waals surface area contributed by atoms with Crippen molar-refractivity contribution in [3.8, 4) is 28.6 Å². The molecular formula is C32H30F4N8O2. The zero-order chi connectivity index (χ0) is 32.6. The number of nitriles is 1. The number of aromatic nitrogens is 4. The van der Waals surface area contributed by atoms with E-state index in [2.05, 4.69) is 31.9 Å². The average molecular weight is 635 g/mol. The van der Waals surface area contributed by atoms with Gasteiger partial charge >= 0.3 is 6.18 Å². The molecule has 1 amide bonds. The van der Waals surface area contributed by atoms with Crippen LogP contribution in [-0.2, 0) is 31.1 Å². The van der Waals surface area contributed by atoms with Crippen LogP contribution < -0.4 is 15.5 Å². The molecule has 0 spiro atoms. The fourth-order valence-corrected chi connectivity index (χ4v) is 5.59. The number of carbonyl (C=O) groups excluding carboxylic acids is 1. The largest absolute Gasteiger partial charge is 0.416 e. The van der Waals surface area contributed by atoms with Crippen molar-refractivity contribution in [1.29, 1.82) is 5.26 Å². The average Bonchev–Trinajstić information content (AvgIpc) is 3.48. The molecule has 1 aliphatic heterocycles. The molecule has 3 heterocycles. The van der Waals surface area contributed by atoms with Crippen molar-refractivity contribution in [3.63, 3.8) is 0 Å². The first-order valence-corrected chi connectivity index (χ1v) is 14.6. The van der Waals surface area contributed by atoms with Gasteiger partial charge in [-0.3, -0.25) is 9.69 Å². The van der Waals surface area contributed by atoms with E-state index in [9.17, 15) is 23.2 Å². The van der Waals surface area contributed by atoms with Gasteiger partial charge < -0.3 is 19.9 Å². The number of methoxy groups -OCH3 is 1. The molecule has 2 N–H and O–H groups in total. The summed E-state index contributed by atoms with van der Waals surface area (Å²) in [6, 6.07) is 11.6. The third kappa shape index (κ3) is 6.16. The maximum absolute atomic E-state index is 15.3. The van der Waals surface area contributed by atoms with Crippen LogP contribution >= 0.6 is 0 Å². The summed E-state index contributed by atoms with van der Waals surface area (Å²) in [5.74, 6) is -0.305. The molecule has 2 aromatic heterocycles.